The van der Waals surface area contributed by atoms with Crippen LogP contribution < -0.4 is 14.5 Å². The van der Waals surface area contributed by atoms with Gasteiger partial charge in [0.1, 0.15) is 17.3 Å². The number of benzene rings is 2. The summed E-state index contributed by atoms with van der Waals surface area (Å²) in [4.78, 5) is 19.5. The first-order valence-corrected chi connectivity index (χ1v) is 12.3. The topological polar surface area (TPSA) is 61.8 Å². The third-order valence-corrected chi connectivity index (χ3v) is 6.59. The monoisotopic (exact) mass is 475 g/mol. The standard InChI is InChI=1S/C27H30FN5O2/c28-22-8-10-23(11-9-22)35-24-7-5-6-21(20-24)27(34)33-18-16-32(17-19-33)26-13-12-25(29-30-26)31-14-3-1-2-4-15-31/h5-13,20H,1-4,14-19H2. The number of carbonyl (C=O) groups is 1. The summed E-state index contributed by atoms with van der Waals surface area (Å²) >= 11 is 0. The Morgan fingerprint density at radius 1 is 0.714 bits per heavy atom. The van der Waals surface area contributed by atoms with Gasteiger partial charge in [-0.15, -0.1) is 10.2 Å². The number of rotatable bonds is 5. The van der Waals surface area contributed by atoms with Crippen molar-refractivity contribution in [1.82, 2.24) is 15.1 Å². The number of hydrogen-bond acceptors (Lipinski definition) is 6. The Morgan fingerprint density at radius 2 is 1.34 bits per heavy atom. The lowest BCUT2D eigenvalue weighted by atomic mass is 10.1. The number of aromatic nitrogens is 2. The predicted molar refractivity (Wildman–Crippen MR) is 134 cm³/mol. The molecule has 182 valence electrons. The van der Waals surface area contributed by atoms with Gasteiger partial charge in [-0.3, -0.25) is 4.79 Å². The molecule has 1 amide bonds. The van der Waals surface area contributed by atoms with Gasteiger partial charge in [0.05, 0.1) is 0 Å². The molecule has 0 radical (unpaired) electrons. The molecule has 3 aromatic rings. The van der Waals surface area contributed by atoms with E-state index in [2.05, 4.69) is 26.1 Å². The van der Waals surface area contributed by atoms with Crippen LogP contribution in [0.1, 0.15) is 36.0 Å². The summed E-state index contributed by atoms with van der Waals surface area (Å²) in [6, 6.07) is 17.0. The highest BCUT2D eigenvalue weighted by Crippen LogP contribution is 2.24. The van der Waals surface area contributed by atoms with Crippen molar-refractivity contribution in [2.75, 3.05) is 49.1 Å². The molecular weight excluding hydrogens is 445 g/mol. The first-order valence-electron chi connectivity index (χ1n) is 12.3. The van der Waals surface area contributed by atoms with Crippen LogP contribution >= 0.6 is 0 Å². The molecule has 0 saturated carbocycles. The van der Waals surface area contributed by atoms with E-state index in [0.29, 0.717) is 43.2 Å². The molecule has 0 atom stereocenters. The molecule has 2 aromatic carbocycles. The second kappa shape index (κ2) is 10.7. The molecule has 2 saturated heterocycles. The van der Waals surface area contributed by atoms with Crippen molar-refractivity contribution >= 4 is 17.5 Å². The minimum absolute atomic E-state index is 0.0307. The maximum atomic E-state index is 13.1. The van der Waals surface area contributed by atoms with Gasteiger partial charge >= 0.3 is 0 Å². The van der Waals surface area contributed by atoms with Gasteiger partial charge in [0.25, 0.3) is 5.91 Å². The summed E-state index contributed by atoms with van der Waals surface area (Å²) in [5, 5.41) is 8.97. The van der Waals surface area contributed by atoms with Crippen LogP contribution in [-0.4, -0.2) is 60.3 Å². The van der Waals surface area contributed by atoms with Crippen LogP contribution in [0, 0.1) is 5.82 Å². The number of halogens is 1. The molecule has 5 rings (SSSR count). The lowest BCUT2D eigenvalue weighted by molar-refractivity contribution is 0.0746. The van der Waals surface area contributed by atoms with E-state index >= 15 is 0 Å². The van der Waals surface area contributed by atoms with E-state index in [0.717, 1.165) is 24.7 Å². The third-order valence-electron chi connectivity index (χ3n) is 6.59. The van der Waals surface area contributed by atoms with Gasteiger partial charge in [0, 0.05) is 44.8 Å². The van der Waals surface area contributed by atoms with Crippen molar-refractivity contribution in [3.8, 4) is 11.5 Å². The molecule has 2 aliphatic heterocycles. The molecule has 1 aromatic heterocycles. The Bertz CT molecular complexity index is 1120. The van der Waals surface area contributed by atoms with E-state index in [9.17, 15) is 9.18 Å². The SMILES string of the molecule is O=C(c1cccc(Oc2ccc(F)cc2)c1)N1CCN(c2ccc(N3CCCCCC3)nn2)CC1. The van der Waals surface area contributed by atoms with Crippen LogP contribution in [0.15, 0.2) is 60.7 Å². The lowest BCUT2D eigenvalue weighted by Crippen LogP contribution is -2.49. The first kappa shape index (κ1) is 23.1. The van der Waals surface area contributed by atoms with Crippen molar-refractivity contribution in [1.29, 1.82) is 0 Å². The van der Waals surface area contributed by atoms with E-state index < -0.39 is 0 Å². The lowest BCUT2D eigenvalue weighted by Gasteiger charge is -2.35. The fourth-order valence-electron chi connectivity index (χ4n) is 4.61. The molecule has 0 bridgehead atoms. The molecule has 2 fully saturated rings. The van der Waals surface area contributed by atoms with Crippen molar-refractivity contribution in [2.45, 2.75) is 25.7 Å². The van der Waals surface area contributed by atoms with Crippen LogP contribution in [0.25, 0.3) is 0 Å². The highest BCUT2D eigenvalue weighted by atomic mass is 19.1. The zero-order valence-corrected chi connectivity index (χ0v) is 19.8. The smallest absolute Gasteiger partial charge is 0.254 e. The molecule has 35 heavy (non-hydrogen) atoms. The Kier molecular flexibility index (Phi) is 7.07. The quantitative estimate of drug-likeness (QED) is 0.531. The van der Waals surface area contributed by atoms with Crippen LogP contribution in [0.4, 0.5) is 16.0 Å². The molecular formula is C27H30FN5O2. The van der Waals surface area contributed by atoms with E-state index in [1.807, 2.05) is 11.0 Å². The highest BCUT2D eigenvalue weighted by Gasteiger charge is 2.24. The highest BCUT2D eigenvalue weighted by molar-refractivity contribution is 5.94. The summed E-state index contributed by atoms with van der Waals surface area (Å²) in [6.07, 6.45) is 4.99. The molecule has 0 spiro atoms. The average molecular weight is 476 g/mol. The molecule has 2 aliphatic rings. The van der Waals surface area contributed by atoms with E-state index in [-0.39, 0.29) is 11.7 Å². The van der Waals surface area contributed by atoms with E-state index in [1.165, 1.54) is 37.8 Å². The molecule has 7 nitrogen and oxygen atoms in total. The van der Waals surface area contributed by atoms with Crippen LogP contribution in [0.2, 0.25) is 0 Å². The number of ether oxygens (including phenoxy) is 1. The van der Waals surface area contributed by atoms with E-state index in [1.54, 1.807) is 36.4 Å². The van der Waals surface area contributed by atoms with Crippen LogP contribution in [-0.2, 0) is 0 Å². The summed E-state index contributed by atoms with van der Waals surface area (Å²) in [6.45, 7) is 4.72. The van der Waals surface area contributed by atoms with Gasteiger partial charge in [0.15, 0.2) is 11.6 Å². The van der Waals surface area contributed by atoms with E-state index in [4.69, 9.17) is 4.74 Å². The van der Waals surface area contributed by atoms with Crippen molar-refractivity contribution in [3.63, 3.8) is 0 Å². The first-order chi connectivity index (χ1) is 17.2. The molecule has 8 heteroatoms. The molecule has 0 aliphatic carbocycles. The zero-order valence-electron chi connectivity index (χ0n) is 19.8. The van der Waals surface area contributed by atoms with Crippen LogP contribution in [0.3, 0.4) is 0 Å². The number of amides is 1. The fourth-order valence-corrected chi connectivity index (χ4v) is 4.61. The van der Waals surface area contributed by atoms with Gasteiger partial charge in [-0.2, -0.15) is 0 Å². The predicted octanol–water partition coefficient (Wildman–Crippen LogP) is 4.75. The minimum atomic E-state index is -0.320. The molecule has 0 N–H and O–H groups in total. The average Bonchev–Trinajstić information content (AvgIpc) is 3.20. The maximum absolute atomic E-state index is 13.1. The van der Waals surface area contributed by atoms with Crippen molar-refractivity contribution in [2.24, 2.45) is 0 Å². The normalized spacial score (nSPS) is 16.7. The van der Waals surface area contributed by atoms with Gasteiger partial charge in [-0.25, -0.2) is 4.39 Å². The third kappa shape index (κ3) is 5.70. The number of hydrogen-bond donors (Lipinski definition) is 0. The summed E-state index contributed by atoms with van der Waals surface area (Å²) < 4.78 is 18.9. The minimum Gasteiger partial charge on any atom is -0.457 e. The zero-order chi connectivity index (χ0) is 24.0. The number of piperazine rings is 1. The molecule has 0 unspecified atom stereocenters. The molecule has 3 heterocycles. The van der Waals surface area contributed by atoms with Gasteiger partial charge in [-0.1, -0.05) is 18.9 Å². The Balaban J connectivity index is 1.17. The van der Waals surface area contributed by atoms with Gasteiger partial charge in [-0.05, 0) is 67.4 Å². The fraction of sp³-hybridized carbons (Fsp3) is 0.370. The second-order valence-electron chi connectivity index (χ2n) is 9.01. The van der Waals surface area contributed by atoms with Gasteiger partial charge in [0.2, 0.25) is 0 Å². The largest absolute Gasteiger partial charge is 0.457 e. The summed E-state index contributed by atoms with van der Waals surface area (Å²) in [5.74, 6) is 2.52. The Morgan fingerprint density at radius 3 is 1.97 bits per heavy atom. The number of anilines is 2. The van der Waals surface area contributed by atoms with Crippen molar-refractivity contribution in [3.05, 3.63) is 72.0 Å². The number of nitrogens with zero attached hydrogens (tertiary/aromatic N) is 5. The summed E-state index contributed by atoms with van der Waals surface area (Å²) in [7, 11) is 0. The number of carbonyl (C=O) groups excluding carboxylic acids is 1. The second-order valence-corrected chi connectivity index (χ2v) is 9.01. The van der Waals surface area contributed by atoms with Gasteiger partial charge < -0.3 is 19.4 Å². The van der Waals surface area contributed by atoms with Crippen LogP contribution in [0.5, 0.6) is 11.5 Å². The Hall–Kier alpha value is -3.68. The maximum Gasteiger partial charge on any atom is 0.254 e. The van der Waals surface area contributed by atoms with Crippen molar-refractivity contribution < 1.29 is 13.9 Å². The summed E-state index contributed by atoms with van der Waals surface area (Å²) in [5.41, 5.74) is 0.569. The Labute approximate surface area is 205 Å².